The number of hydrogen-bond donors (Lipinski definition) is 2. The second-order valence-electron chi connectivity index (χ2n) is 16.8. The number of fused-ring (bicyclic) bond motifs is 6. The zero-order valence-electron chi connectivity index (χ0n) is 37.9. The topological polar surface area (TPSA) is 174 Å². The van der Waals surface area contributed by atoms with Crippen molar-refractivity contribution in [2.75, 3.05) is 24.9 Å². The second kappa shape index (κ2) is 20.7. The van der Waals surface area contributed by atoms with E-state index >= 15 is 0 Å². The van der Waals surface area contributed by atoms with Gasteiger partial charge in [-0.3, -0.25) is 19.0 Å². The van der Waals surface area contributed by atoms with E-state index in [0.717, 1.165) is 105 Å². The third-order valence-corrected chi connectivity index (χ3v) is 12.2. The normalized spacial score (nSPS) is 14.4. The molecule has 8 aromatic rings. The van der Waals surface area contributed by atoms with Crippen molar-refractivity contribution in [3.05, 3.63) is 143 Å². The van der Waals surface area contributed by atoms with Gasteiger partial charge in [-0.2, -0.15) is 10.2 Å². The van der Waals surface area contributed by atoms with Crippen molar-refractivity contribution in [3.8, 4) is 44.8 Å². The number of anilines is 2. The number of aryl methyl sites for hydroxylation is 6. The molecule has 2 unspecified atom stereocenters. The smallest absolute Gasteiger partial charge is 0.309 e. The minimum Gasteiger partial charge on any atom is -0.469 e. The molecule has 0 amide bonds. The Kier molecular flexibility index (Phi) is 14.7. The van der Waals surface area contributed by atoms with Crippen LogP contribution in [0.3, 0.4) is 0 Å². The summed E-state index contributed by atoms with van der Waals surface area (Å²) < 4.78 is 17.3. The van der Waals surface area contributed by atoms with Crippen molar-refractivity contribution in [1.29, 1.82) is 0 Å². The predicted molar refractivity (Wildman–Crippen MR) is 265 cm³/mol. The molecule has 2 atom stereocenters. The third kappa shape index (κ3) is 10.2. The van der Waals surface area contributed by atoms with Crippen LogP contribution in [0.15, 0.2) is 110 Å². The predicted octanol–water partition coefficient (Wildman–Crippen LogP) is 9.13. The van der Waals surface area contributed by atoms with E-state index in [2.05, 4.69) is 77.9 Å². The van der Waals surface area contributed by atoms with Crippen LogP contribution < -0.4 is 10.6 Å². The summed E-state index contributed by atoms with van der Waals surface area (Å²) >= 11 is 0. The summed E-state index contributed by atoms with van der Waals surface area (Å²) in [4.78, 5) is 23.5. The molecular formula is C52H60N12O4. The van der Waals surface area contributed by atoms with Crippen LogP contribution in [0.1, 0.15) is 73.4 Å². The van der Waals surface area contributed by atoms with Crippen molar-refractivity contribution in [2.24, 2.45) is 14.1 Å². The number of methoxy groups -OCH3 is 2. The fourth-order valence-electron chi connectivity index (χ4n) is 8.95. The Morgan fingerprint density at radius 2 is 1.03 bits per heavy atom. The molecule has 4 aromatic heterocycles. The number of carbonyl (C=O) groups excluding carboxylic acids is 2. The van der Waals surface area contributed by atoms with E-state index in [1.165, 1.54) is 25.3 Å². The van der Waals surface area contributed by atoms with Gasteiger partial charge < -0.3 is 20.1 Å². The molecule has 2 aliphatic heterocycles. The lowest BCUT2D eigenvalue weighted by atomic mass is 9.93. The first-order chi connectivity index (χ1) is 32.0. The Morgan fingerprint density at radius 3 is 1.41 bits per heavy atom. The summed E-state index contributed by atoms with van der Waals surface area (Å²) in [6, 6.07) is 29.1. The molecule has 352 valence electrons. The minimum absolute atomic E-state index is 0. The molecule has 2 N–H and O–H groups in total. The van der Waals surface area contributed by atoms with Gasteiger partial charge in [0.25, 0.3) is 0 Å². The molecule has 0 spiro atoms. The lowest BCUT2D eigenvalue weighted by molar-refractivity contribution is -0.140. The molecule has 68 heavy (non-hydrogen) atoms. The molecule has 10 rings (SSSR count). The van der Waals surface area contributed by atoms with E-state index in [4.69, 9.17) is 9.47 Å². The van der Waals surface area contributed by atoms with Crippen LogP contribution in [0, 0.1) is 13.8 Å². The molecular weight excluding hydrogens is 857 g/mol. The maximum absolute atomic E-state index is 11.7. The van der Waals surface area contributed by atoms with E-state index in [9.17, 15) is 9.59 Å². The van der Waals surface area contributed by atoms with Crippen LogP contribution >= 0.6 is 0 Å². The van der Waals surface area contributed by atoms with Gasteiger partial charge in [-0.1, -0.05) is 73.8 Å². The molecule has 16 nitrogen and oxygen atoms in total. The van der Waals surface area contributed by atoms with Gasteiger partial charge in [0.2, 0.25) is 0 Å². The molecule has 0 saturated heterocycles. The summed E-state index contributed by atoms with van der Waals surface area (Å²) in [6.45, 7) is 5.52. The molecule has 6 heterocycles. The first kappa shape index (κ1) is 48.1. The molecule has 0 saturated carbocycles. The highest BCUT2D eigenvalue weighted by molar-refractivity contribution is 5.77. The standard InChI is InChI=1S/2C25H26N6O2.2CH4/c2*1-16-25-21-8-7-18(19-14-26-30(2)15-19)13-22(21)23(9-10-31(25)29-28-16)27-20-6-4-5-17(11-20)12-24(32)33-3;;/h2*4-8,11,13-15,23,27H,9-10,12H2,1-3H3;2*1H4. The highest BCUT2D eigenvalue weighted by atomic mass is 16.5. The van der Waals surface area contributed by atoms with E-state index in [-0.39, 0.29) is 51.7 Å². The zero-order valence-corrected chi connectivity index (χ0v) is 37.9. The van der Waals surface area contributed by atoms with Gasteiger partial charge in [-0.05, 0) is 96.5 Å². The van der Waals surface area contributed by atoms with Crippen LogP contribution in [0.25, 0.3) is 44.8 Å². The lowest BCUT2D eigenvalue weighted by Gasteiger charge is -2.21. The Balaban J connectivity index is 0.000000196. The molecule has 0 radical (unpaired) electrons. The number of nitrogens with one attached hydrogen (secondary N) is 2. The van der Waals surface area contributed by atoms with Crippen LogP contribution in [0.4, 0.5) is 11.4 Å². The fourth-order valence-corrected chi connectivity index (χ4v) is 8.95. The van der Waals surface area contributed by atoms with E-state index in [1.54, 1.807) is 0 Å². The quantitative estimate of drug-likeness (QED) is 0.125. The van der Waals surface area contributed by atoms with Gasteiger partial charge in [0, 0.05) is 73.2 Å². The van der Waals surface area contributed by atoms with Crippen molar-refractivity contribution in [1.82, 2.24) is 49.5 Å². The van der Waals surface area contributed by atoms with Crippen LogP contribution in [0.5, 0.6) is 0 Å². The van der Waals surface area contributed by atoms with Gasteiger partial charge in [0.05, 0.1) is 74.3 Å². The molecule has 16 heteroatoms. The summed E-state index contributed by atoms with van der Waals surface area (Å²) in [6.07, 6.45) is 10.0. The first-order valence-corrected chi connectivity index (χ1v) is 21.9. The summed E-state index contributed by atoms with van der Waals surface area (Å²) in [7, 11) is 6.66. The molecule has 0 aliphatic carbocycles. The van der Waals surface area contributed by atoms with Gasteiger partial charge in [-0.25, -0.2) is 9.36 Å². The summed E-state index contributed by atoms with van der Waals surface area (Å²) in [5, 5.41) is 33.4. The number of rotatable bonds is 10. The maximum atomic E-state index is 11.7. The molecule has 0 bridgehead atoms. The van der Waals surface area contributed by atoms with Gasteiger partial charge >= 0.3 is 11.9 Å². The van der Waals surface area contributed by atoms with Crippen molar-refractivity contribution < 1.29 is 19.1 Å². The van der Waals surface area contributed by atoms with Crippen LogP contribution in [0.2, 0.25) is 0 Å². The Labute approximate surface area is 397 Å². The second-order valence-corrected chi connectivity index (χ2v) is 16.8. The number of esters is 2. The average molecular weight is 917 g/mol. The average Bonchev–Trinajstić information content (AvgIpc) is 4.10. The molecule has 4 aromatic carbocycles. The summed E-state index contributed by atoms with van der Waals surface area (Å²) in [5.41, 5.74) is 16.8. The lowest BCUT2D eigenvalue weighted by Crippen LogP contribution is -2.13. The number of nitrogens with zero attached hydrogens (tertiary/aromatic N) is 10. The highest BCUT2D eigenvalue weighted by Gasteiger charge is 2.28. The molecule has 2 aliphatic rings. The monoisotopic (exact) mass is 916 g/mol. The number of carbonyl (C=O) groups is 2. The van der Waals surface area contributed by atoms with Crippen molar-refractivity contribution in [3.63, 3.8) is 0 Å². The van der Waals surface area contributed by atoms with Gasteiger partial charge in [-0.15, -0.1) is 10.2 Å². The SMILES string of the molecule is C.C.COC(=O)Cc1cccc(NC2CCn3nnc(C)c3-c3ccc(-c4cnn(C)c4)cc32)c1.COC(=O)Cc1cccc(NC2CCn3nnc(C)c3-c3ccc(-c4cnn(C)c4)cc32)c1. The van der Waals surface area contributed by atoms with E-state index in [1.807, 2.05) is 120 Å². The van der Waals surface area contributed by atoms with Gasteiger partial charge in [0.15, 0.2) is 0 Å². The van der Waals surface area contributed by atoms with Crippen molar-refractivity contribution >= 4 is 23.3 Å². The highest BCUT2D eigenvalue weighted by Crippen LogP contribution is 2.41. The largest absolute Gasteiger partial charge is 0.469 e. The zero-order chi connectivity index (χ0) is 45.9. The van der Waals surface area contributed by atoms with E-state index in [0.29, 0.717) is 0 Å². The van der Waals surface area contributed by atoms with E-state index < -0.39 is 0 Å². The van der Waals surface area contributed by atoms with Gasteiger partial charge in [0.1, 0.15) is 0 Å². The molecule has 0 fully saturated rings. The maximum Gasteiger partial charge on any atom is 0.309 e. The van der Waals surface area contributed by atoms with Crippen LogP contribution in [-0.2, 0) is 59.1 Å². The third-order valence-electron chi connectivity index (χ3n) is 12.2. The minimum atomic E-state index is -0.249. The van der Waals surface area contributed by atoms with Crippen molar-refractivity contribution in [2.45, 2.75) is 79.6 Å². The first-order valence-electron chi connectivity index (χ1n) is 21.9. The number of ether oxygens (including phenoxy) is 2. The number of aromatic nitrogens is 10. The Morgan fingerprint density at radius 1 is 0.603 bits per heavy atom. The Hall–Kier alpha value is -7.88. The fraction of sp³-hybridized carbons (Fsp3) is 0.308. The number of benzene rings is 4. The van der Waals surface area contributed by atoms with Crippen LogP contribution in [-0.4, -0.2) is 75.7 Å². The number of hydrogen-bond acceptors (Lipinski definition) is 12. The Bertz CT molecular complexity index is 2850. The summed E-state index contributed by atoms with van der Waals surface area (Å²) in [5.74, 6) is -0.497.